The molecule has 0 spiro atoms. The third kappa shape index (κ3) is 3.62. The van der Waals surface area contributed by atoms with E-state index in [-0.39, 0.29) is 23.7 Å². The van der Waals surface area contributed by atoms with Crippen molar-refractivity contribution in [3.8, 4) is 0 Å². The lowest BCUT2D eigenvalue weighted by Crippen LogP contribution is -2.42. The van der Waals surface area contributed by atoms with E-state index in [9.17, 15) is 9.59 Å². The van der Waals surface area contributed by atoms with Crippen LogP contribution in [-0.4, -0.2) is 34.8 Å². The number of carbonyl (C=O) groups is 2. The number of nitrogens with zero attached hydrogens (tertiary/aromatic N) is 1. The fourth-order valence-corrected chi connectivity index (χ4v) is 4.69. The van der Waals surface area contributed by atoms with Gasteiger partial charge in [-0.25, -0.2) is 0 Å². The average molecular weight is 382 g/mol. The topological polar surface area (TPSA) is 79.2 Å². The lowest BCUT2D eigenvalue weighted by Gasteiger charge is -2.31. The molecule has 5 nitrogen and oxygen atoms in total. The van der Waals surface area contributed by atoms with Gasteiger partial charge in [-0.3, -0.25) is 9.59 Å². The Bertz CT molecular complexity index is 939. The number of piperidine rings is 1. The molecular weight excluding hydrogens is 358 g/mol. The van der Waals surface area contributed by atoms with Crippen LogP contribution in [-0.2, 0) is 9.59 Å². The Morgan fingerprint density at radius 1 is 1.22 bits per heavy atom. The van der Waals surface area contributed by atoms with Crippen molar-refractivity contribution in [3.05, 3.63) is 58.4 Å². The minimum atomic E-state index is -0.253. The van der Waals surface area contributed by atoms with Crippen LogP contribution in [0.15, 0.2) is 47.3 Å². The summed E-state index contributed by atoms with van der Waals surface area (Å²) in [7, 11) is 0. The number of nitrogens with one attached hydrogen (secondary N) is 1. The Balaban J connectivity index is 1.56. The standard InChI is InChI=1S/C21H23N3O2S/c22-21(26)14-5-8-24(9-6-14)20(25)11-17(15-7-10-27-13-15)18-12-23-19-4-2-1-3-16(18)19/h1-4,7,10,12-14,17,23H,5-6,8-9,11H2,(H2,22,26). The first-order chi connectivity index (χ1) is 13.1. The number of likely N-dealkylation sites (tertiary alicyclic amines) is 1. The highest BCUT2D eigenvalue weighted by Crippen LogP contribution is 2.35. The quantitative estimate of drug-likeness (QED) is 0.710. The minimum absolute atomic E-state index is 0.0220. The number of primary amides is 1. The van der Waals surface area contributed by atoms with Crippen molar-refractivity contribution < 1.29 is 9.59 Å². The molecule has 0 saturated carbocycles. The number of amides is 2. The molecule has 2 amide bonds. The van der Waals surface area contributed by atoms with Crippen LogP contribution in [0.25, 0.3) is 10.9 Å². The first-order valence-corrected chi connectivity index (χ1v) is 10.2. The smallest absolute Gasteiger partial charge is 0.223 e. The van der Waals surface area contributed by atoms with Gasteiger partial charge in [0, 0.05) is 48.4 Å². The number of rotatable bonds is 5. The number of hydrogen-bond acceptors (Lipinski definition) is 3. The third-order valence-electron chi connectivity index (χ3n) is 5.57. The van der Waals surface area contributed by atoms with Gasteiger partial charge >= 0.3 is 0 Å². The van der Waals surface area contributed by atoms with Gasteiger partial charge in [0.1, 0.15) is 0 Å². The molecule has 0 bridgehead atoms. The molecule has 1 saturated heterocycles. The minimum Gasteiger partial charge on any atom is -0.369 e. The van der Waals surface area contributed by atoms with Crippen LogP contribution in [0.3, 0.4) is 0 Å². The Kier molecular flexibility index (Phi) is 4.99. The second-order valence-corrected chi connectivity index (χ2v) is 7.94. The normalized spacial score (nSPS) is 16.5. The molecule has 0 aliphatic carbocycles. The summed E-state index contributed by atoms with van der Waals surface area (Å²) in [5.41, 5.74) is 8.82. The van der Waals surface area contributed by atoms with Gasteiger partial charge in [-0.15, -0.1) is 0 Å². The highest BCUT2D eigenvalue weighted by molar-refractivity contribution is 7.08. The molecule has 27 heavy (non-hydrogen) atoms. The summed E-state index contributed by atoms with van der Waals surface area (Å²) in [6, 6.07) is 10.3. The highest BCUT2D eigenvalue weighted by atomic mass is 32.1. The van der Waals surface area contributed by atoms with E-state index in [1.54, 1.807) is 11.3 Å². The average Bonchev–Trinajstić information content (AvgIpc) is 3.36. The van der Waals surface area contributed by atoms with Gasteiger partial charge in [-0.1, -0.05) is 18.2 Å². The fraction of sp³-hybridized carbons (Fsp3) is 0.333. The number of benzene rings is 1. The molecule has 6 heteroatoms. The van der Waals surface area contributed by atoms with Crippen molar-refractivity contribution in [2.45, 2.75) is 25.2 Å². The van der Waals surface area contributed by atoms with Crippen molar-refractivity contribution in [1.29, 1.82) is 0 Å². The summed E-state index contributed by atoms with van der Waals surface area (Å²) < 4.78 is 0. The number of H-pyrrole nitrogens is 1. The Hall–Kier alpha value is -2.60. The van der Waals surface area contributed by atoms with Gasteiger partial charge in [-0.2, -0.15) is 11.3 Å². The first-order valence-electron chi connectivity index (χ1n) is 9.28. The Labute approximate surface area is 162 Å². The van der Waals surface area contributed by atoms with Crippen LogP contribution >= 0.6 is 11.3 Å². The second kappa shape index (κ2) is 7.56. The maximum atomic E-state index is 13.0. The Morgan fingerprint density at radius 3 is 2.70 bits per heavy atom. The predicted octanol–water partition coefficient (Wildman–Crippen LogP) is 3.48. The van der Waals surface area contributed by atoms with E-state index in [0.29, 0.717) is 32.4 Å². The summed E-state index contributed by atoms with van der Waals surface area (Å²) in [6.07, 6.45) is 3.79. The number of aromatic nitrogens is 1. The number of thiophene rings is 1. The van der Waals surface area contributed by atoms with Crippen molar-refractivity contribution >= 4 is 34.1 Å². The maximum absolute atomic E-state index is 13.0. The number of fused-ring (bicyclic) bond motifs is 1. The summed E-state index contributed by atoms with van der Waals surface area (Å²) in [6.45, 7) is 1.22. The molecule has 1 unspecified atom stereocenters. The van der Waals surface area contributed by atoms with Gasteiger partial charge in [-0.05, 0) is 46.9 Å². The zero-order valence-corrected chi connectivity index (χ0v) is 15.9. The third-order valence-corrected chi connectivity index (χ3v) is 6.27. The molecule has 140 valence electrons. The fourth-order valence-electron chi connectivity index (χ4n) is 3.98. The zero-order valence-electron chi connectivity index (χ0n) is 15.1. The van der Waals surface area contributed by atoms with E-state index >= 15 is 0 Å². The van der Waals surface area contributed by atoms with Gasteiger partial charge in [0.15, 0.2) is 0 Å². The van der Waals surface area contributed by atoms with E-state index in [1.165, 1.54) is 5.56 Å². The molecule has 4 rings (SSSR count). The molecule has 1 atom stereocenters. The van der Waals surface area contributed by atoms with E-state index in [0.717, 1.165) is 16.5 Å². The Morgan fingerprint density at radius 2 is 2.00 bits per heavy atom. The molecule has 1 aliphatic rings. The van der Waals surface area contributed by atoms with Gasteiger partial charge in [0.25, 0.3) is 0 Å². The molecule has 2 aromatic heterocycles. The van der Waals surface area contributed by atoms with Crippen LogP contribution in [0.5, 0.6) is 0 Å². The molecule has 0 radical (unpaired) electrons. The van der Waals surface area contributed by atoms with Crippen molar-refractivity contribution in [2.75, 3.05) is 13.1 Å². The van der Waals surface area contributed by atoms with Crippen LogP contribution in [0, 0.1) is 5.92 Å². The first kappa shape index (κ1) is 17.8. The number of nitrogens with two attached hydrogens (primary N) is 1. The van der Waals surface area contributed by atoms with Crippen molar-refractivity contribution in [1.82, 2.24) is 9.88 Å². The number of aromatic amines is 1. The molecule has 3 N–H and O–H groups in total. The van der Waals surface area contributed by atoms with E-state index in [1.807, 2.05) is 23.2 Å². The van der Waals surface area contributed by atoms with E-state index in [2.05, 4.69) is 33.9 Å². The maximum Gasteiger partial charge on any atom is 0.223 e. The van der Waals surface area contributed by atoms with Crippen LogP contribution < -0.4 is 5.73 Å². The van der Waals surface area contributed by atoms with Gasteiger partial charge in [0.05, 0.1) is 0 Å². The molecular formula is C21H23N3O2S. The molecule has 1 fully saturated rings. The lowest BCUT2D eigenvalue weighted by molar-refractivity contribution is -0.135. The summed E-state index contributed by atoms with van der Waals surface area (Å²) in [5.74, 6) is -0.194. The van der Waals surface area contributed by atoms with Gasteiger partial charge < -0.3 is 15.6 Å². The largest absolute Gasteiger partial charge is 0.369 e. The second-order valence-electron chi connectivity index (χ2n) is 7.16. The lowest BCUT2D eigenvalue weighted by atomic mass is 9.88. The number of para-hydroxylation sites is 1. The van der Waals surface area contributed by atoms with E-state index in [4.69, 9.17) is 5.73 Å². The van der Waals surface area contributed by atoms with E-state index < -0.39 is 0 Å². The zero-order chi connectivity index (χ0) is 18.8. The number of carbonyl (C=O) groups excluding carboxylic acids is 2. The summed E-state index contributed by atoms with van der Waals surface area (Å²) in [4.78, 5) is 29.6. The molecule has 1 aromatic carbocycles. The highest BCUT2D eigenvalue weighted by Gasteiger charge is 2.29. The van der Waals surface area contributed by atoms with Crippen LogP contribution in [0.1, 0.15) is 36.3 Å². The summed E-state index contributed by atoms with van der Waals surface area (Å²) >= 11 is 1.65. The van der Waals surface area contributed by atoms with Crippen molar-refractivity contribution in [2.24, 2.45) is 11.7 Å². The van der Waals surface area contributed by atoms with Crippen LogP contribution in [0.2, 0.25) is 0 Å². The summed E-state index contributed by atoms with van der Waals surface area (Å²) in [5, 5.41) is 5.34. The SMILES string of the molecule is NC(=O)C1CCN(C(=O)CC(c2ccsc2)c2c[nH]c3ccccc23)CC1. The van der Waals surface area contributed by atoms with Crippen molar-refractivity contribution in [3.63, 3.8) is 0 Å². The molecule has 1 aliphatic heterocycles. The van der Waals surface area contributed by atoms with Gasteiger partial charge in [0.2, 0.25) is 11.8 Å². The number of hydrogen-bond donors (Lipinski definition) is 2. The molecule has 3 aromatic rings. The van der Waals surface area contributed by atoms with Crippen LogP contribution in [0.4, 0.5) is 0 Å². The molecule has 3 heterocycles. The monoisotopic (exact) mass is 381 g/mol. The predicted molar refractivity (Wildman–Crippen MR) is 108 cm³/mol.